The molecule has 4 heterocycles. The lowest BCUT2D eigenvalue weighted by atomic mass is 10.3. The van der Waals surface area contributed by atoms with E-state index < -0.39 is 17.7 Å². The molecule has 13 heteroatoms. The second kappa shape index (κ2) is 9.05. The van der Waals surface area contributed by atoms with Gasteiger partial charge in [0.15, 0.2) is 16.6 Å². The highest BCUT2D eigenvalue weighted by Crippen LogP contribution is 2.37. The molecule has 4 rings (SSSR count). The molecule has 0 radical (unpaired) electrons. The van der Waals surface area contributed by atoms with Crippen molar-refractivity contribution >= 4 is 46.4 Å². The fourth-order valence-corrected chi connectivity index (χ4v) is 3.39. The summed E-state index contributed by atoms with van der Waals surface area (Å²) in [7, 11) is 0. The van der Waals surface area contributed by atoms with Crippen molar-refractivity contribution in [2.45, 2.75) is 12.5 Å². The SMILES string of the molecule is CC(Cl)OC(=O)N1CCN(C(=O)Oc2c3nccnc3c(O)n2-c2ccc(Cl)cn2)CC1. The molecule has 2 amide bonds. The fraction of sp³-hybridized carbons (Fsp3) is 0.316. The van der Waals surface area contributed by atoms with E-state index in [1.165, 1.54) is 33.0 Å². The summed E-state index contributed by atoms with van der Waals surface area (Å²) in [5.41, 5.74) is -0.412. The van der Waals surface area contributed by atoms with E-state index in [-0.39, 0.29) is 54.8 Å². The van der Waals surface area contributed by atoms with Gasteiger partial charge in [0.1, 0.15) is 5.82 Å². The summed E-state index contributed by atoms with van der Waals surface area (Å²) in [5, 5.41) is 11.1. The molecule has 0 aliphatic carbocycles. The molecule has 1 saturated heterocycles. The molecule has 0 bridgehead atoms. The van der Waals surface area contributed by atoms with Crippen LogP contribution < -0.4 is 4.74 Å². The monoisotopic (exact) mass is 480 g/mol. The van der Waals surface area contributed by atoms with Gasteiger partial charge in [0.05, 0.1) is 5.02 Å². The number of amides is 2. The van der Waals surface area contributed by atoms with Crippen LogP contribution in [0, 0.1) is 0 Å². The van der Waals surface area contributed by atoms with E-state index in [0.717, 1.165) is 0 Å². The first-order valence-corrected chi connectivity index (χ1v) is 10.4. The number of aromatic nitrogens is 4. The average Bonchev–Trinajstić information content (AvgIpc) is 3.06. The van der Waals surface area contributed by atoms with Crippen LogP contribution in [0.3, 0.4) is 0 Å². The minimum Gasteiger partial charge on any atom is -0.493 e. The maximum Gasteiger partial charge on any atom is 0.416 e. The quantitative estimate of drug-likeness (QED) is 0.567. The lowest BCUT2D eigenvalue weighted by Crippen LogP contribution is -2.51. The Labute approximate surface area is 192 Å². The molecule has 3 aromatic heterocycles. The molecular weight excluding hydrogens is 463 g/mol. The van der Waals surface area contributed by atoms with Crippen LogP contribution in [0.25, 0.3) is 16.9 Å². The van der Waals surface area contributed by atoms with Gasteiger partial charge in [-0.1, -0.05) is 23.2 Å². The zero-order valence-electron chi connectivity index (χ0n) is 16.8. The van der Waals surface area contributed by atoms with Crippen molar-refractivity contribution in [3.8, 4) is 17.6 Å². The van der Waals surface area contributed by atoms with Crippen molar-refractivity contribution < 1.29 is 24.2 Å². The minimum atomic E-state index is -0.748. The van der Waals surface area contributed by atoms with Gasteiger partial charge in [-0.25, -0.2) is 29.1 Å². The van der Waals surface area contributed by atoms with Gasteiger partial charge in [0, 0.05) is 44.8 Å². The molecule has 0 aromatic carbocycles. The number of ether oxygens (including phenoxy) is 2. The third-order valence-corrected chi connectivity index (χ3v) is 5.02. The lowest BCUT2D eigenvalue weighted by molar-refractivity contribution is 0.0699. The first kappa shape index (κ1) is 21.9. The maximum atomic E-state index is 12.9. The van der Waals surface area contributed by atoms with E-state index in [1.807, 2.05) is 0 Å². The van der Waals surface area contributed by atoms with Gasteiger partial charge in [0.2, 0.25) is 11.8 Å². The smallest absolute Gasteiger partial charge is 0.416 e. The van der Waals surface area contributed by atoms with E-state index >= 15 is 0 Å². The number of halogens is 2. The van der Waals surface area contributed by atoms with E-state index in [2.05, 4.69) is 15.0 Å². The zero-order valence-corrected chi connectivity index (χ0v) is 18.3. The summed E-state index contributed by atoms with van der Waals surface area (Å²) in [6.45, 7) is 2.49. The van der Waals surface area contributed by atoms with E-state index in [4.69, 9.17) is 32.7 Å². The van der Waals surface area contributed by atoms with E-state index in [0.29, 0.717) is 5.02 Å². The molecule has 1 unspecified atom stereocenters. The molecule has 1 N–H and O–H groups in total. The zero-order chi connectivity index (χ0) is 22.8. The largest absolute Gasteiger partial charge is 0.493 e. The Bertz CT molecular complexity index is 1150. The summed E-state index contributed by atoms with van der Waals surface area (Å²) >= 11 is 11.6. The minimum absolute atomic E-state index is 0.0387. The number of aromatic hydroxyl groups is 1. The number of hydrogen-bond donors (Lipinski definition) is 1. The normalized spacial score (nSPS) is 15.0. The molecule has 11 nitrogen and oxygen atoms in total. The number of pyridine rings is 1. The molecule has 0 saturated carbocycles. The van der Waals surface area contributed by atoms with Crippen molar-refractivity contribution in [2.24, 2.45) is 0 Å². The van der Waals surface area contributed by atoms with Crippen molar-refractivity contribution in [2.75, 3.05) is 26.2 Å². The second-order valence-corrected chi connectivity index (χ2v) is 7.87. The van der Waals surface area contributed by atoms with Crippen LogP contribution in [-0.2, 0) is 4.74 Å². The van der Waals surface area contributed by atoms with Gasteiger partial charge in [0.25, 0.3) is 0 Å². The standard InChI is InChI=1S/C19H18Cl2N6O5/c1-11(20)31-18(29)25-6-8-26(9-7-25)19(30)32-17-15-14(22-4-5-23-15)16(28)27(17)13-3-2-12(21)10-24-13/h2-5,10-11,28H,6-9H2,1H3. The Morgan fingerprint density at radius 3 is 2.25 bits per heavy atom. The number of rotatable bonds is 3. The molecule has 1 fully saturated rings. The van der Waals surface area contributed by atoms with Crippen LogP contribution in [0.2, 0.25) is 5.02 Å². The molecule has 32 heavy (non-hydrogen) atoms. The number of alkyl halides is 1. The van der Waals surface area contributed by atoms with Crippen molar-refractivity contribution in [3.63, 3.8) is 0 Å². The van der Waals surface area contributed by atoms with Crippen LogP contribution in [-0.4, -0.2) is 78.4 Å². The van der Waals surface area contributed by atoms with Gasteiger partial charge in [-0.2, -0.15) is 0 Å². The maximum absolute atomic E-state index is 12.9. The van der Waals surface area contributed by atoms with Crippen LogP contribution in [0.15, 0.2) is 30.7 Å². The van der Waals surface area contributed by atoms with Crippen LogP contribution in [0.1, 0.15) is 6.92 Å². The predicted molar refractivity (Wildman–Crippen MR) is 114 cm³/mol. The van der Waals surface area contributed by atoms with Crippen LogP contribution in [0.5, 0.6) is 11.8 Å². The number of carbonyl (C=O) groups excluding carboxylic acids is 2. The fourth-order valence-electron chi connectivity index (χ4n) is 3.21. The van der Waals surface area contributed by atoms with Crippen molar-refractivity contribution in [1.82, 2.24) is 29.3 Å². The number of fused-ring (bicyclic) bond motifs is 1. The van der Waals surface area contributed by atoms with Crippen molar-refractivity contribution in [1.29, 1.82) is 0 Å². The summed E-state index contributed by atoms with van der Waals surface area (Å²) in [4.78, 5) is 40.2. The Balaban J connectivity index is 1.57. The first-order chi connectivity index (χ1) is 15.3. The van der Waals surface area contributed by atoms with Crippen molar-refractivity contribution in [3.05, 3.63) is 35.7 Å². The summed E-state index contributed by atoms with van der Waals surface area (Å²) in [5.74, 6) is -0.0611. The van der Waals surface area contributed by atoms with Gasteiger partial charge < -0.3 is 24.4 Å². The van der Waals surface area contributed by atoms with Gasteiger partial charge >= 0.3 is 12.2 Å². The van der Waals surface area contributed by atoms with E-state index in [1.54, 1.807) is 19.1 Å². The highest BCUT2D eigenvalue weighted by Gasteiger charge is 2.30. The Hall–Kier alpha value is -3.31. The lowest BCUT2D eigenvalue weighted by Gasteiger charge is -2.33. The molecule has 1 atom stereocenters. The number of hydrogen-bond acceptors (Lipinski definition) is 8. The summed E-state index contributed by atoms with van der Waals surface area (Å²) < 4.78 is 11.8. The topological polar surface area (TPSA) is 123 Å². The third kappa shape index (κ3) is 4.34. The summed E-state index contributed by atoms with van der Waals surface area (Å²) in [6, 6.07) is 3.14. The van der Waals surface area contributed by atoms with Gasteiger partial charge in [-0.15, -0.1) is 0 Å². The molecular formula is C19H18Cl2N6O5. The second-order valence-electron chi connectivity index (χ2n) is 6.82. The molecule has 1 aliphatic heterocycles. The molecule has 0 spiro atoms. The molecule has 3 aromatic rings. The van der Waals surface area contributed by atoms with Crippen LogP contribution >= 0.6 is 23.2 Å². The highest BCUT2D eigenvalue weighted by molar-refractivity contribution is 6.30. The van der Waals surface area contributed by atoms with Crippen LogP contribution in [0.4, 0.5) is 9.59 Å². The van der Waals surface area contributed by atoms with E-state index in [9.17, 15) is 14.7 Å². The Morgan fingerprint density at radius 2 is 1.66 bits per heavy atom. The molecule has 168 valence electrons. The molecule has 1 aliphatic rings. The first-order valence-electron chi connectivity index (χ1n) is 9.58. The number of piperazine rings is 1. The predicted octanol–water partition coefficient (Wildman–Crippen LogP) is 3.01. The van der Waals surface area contributed by atoms with Gasteiger partial charge in [-0.05, 0) is 19.1 Å². The highest BCUT2D eigenvalue weighted by atomic mass is 35.5. The number of carbonyl (C=O) groups is 2. The Morgan fingerprint density at radius 1 is 1.03 bits per heavy atom. The third-order valence-electron chi connectivity index (χ3n) is 4.71. The number of nitrogens with zero attached hydrogens (tertiary/aromatic N) is 6. The van der Waals surface area contributed by atoms with Gasteiger partial charge in [-0.3, -0.25) is 0 Å². The average molecular weight is 481 g/mol. The summed E-state index contributed by atoms with van der Waals surface area (Å²) in [6.07, 6.45) is 3.00. The Kier molecular flexibility index (Phi) is 6.19.